The predicted molar refractivity (Wildman–Crippen MR) is 228 cm³/mol. The molecular weight excluding hydrogens is 1040 g/mol. The Morgan fingerprint density at radius 1 is 0.623 bits per heavy atom. The number of hydrogen-bond donors (Lipinski definition) is 7. The van der Waals surface area contributed by atoms with Gasteiger partial charge in [0.2, 0.25) is 35.7 Å². The number of benzene rings is 2. The molecular formula is C33H42N12Na4O16S4. The Hall–Kier alpha value is -1.52. The van der Waals surface area contributed by atoms with Crippen molar-refractivity contribution in [2.24, 2.45) is 0 Å². The van der Waals surface area contributed by atoms with Crippen LogP contribution in [0.5, 0.6) is 0 Å². The Kier molecular flexibility index (Phi) is 29.9. The maximum atomic E-state index is 12.5. The number of rotatable bonds is 26. The van der Waals surface area contributed by atoms with E-state index in [9.17, 15) is 62.1 Å². The molecule has 0 aliphatic carbocycles. The standard InChI is InChI=1S/C33H46N12O16S4.4Na/c1-44(11-16-63(52,53)54)32-41-31(42-33(43-32)45(2)19-25(48)20-47)37-24-8-6-22(27(18-24)65(58,59)60)4-3-21-5-7-23(17-26(21)64(55,56)57)36-30-39-28(34-9-13-61-14-12-46)38-29(40-30)35-10-15-62(49,50)51;;;;/h3-8,17-18,25,46-48H,9-16,19-20H2,1-2H3,(H,49,50,51)(H,52,53,54)(H,55,56,57)(H,58,59,60)(H,37,41,42,43)(H3,34,35,36,38,39,40);;;;/q;4*+1/p-4. The van der Waals surface area contributed by atoms with Crippen LogP contribution in [0.15, 0.2) is 46.2 Å². The number of aliphatic hydroxyl groups is 3. The number of hydrogen-bond acceptors (Lipinski definition) is 28. The van der Waals surface area contributed by atoms with Crippen LogP contribution in [0.1, 0.15) is 11.1 Å². The number of nitrogens with zero attached hydrogens (tertiary/aromatic N) is 8. The number of aromatic nitrogens is 6. The molecule has 0 bridgehead atoms. The van der Waals surface area contributed by atoms with Gasteiger partial charge in [0, 0.05) is 51.6 Å². The summed E-state index contributed by atoms with van der Waals surface area (Å²) in [7, 11) is -17.0. The van der Waals surface area contributed by atoms with E-state index >= 15 is 0 Å². The van der Waals surface area contributed by atoms with E-state index in [0.717, 1.165) is 36.4 Å². The molecule has 0 spiro atoms. The van der Waals surface area contributed by atoms with Crippen molar-refractivity contribution in [3.63, 3.8) is 0 Å². The quantitative estimate of drug-likeness (QED) is 0.0133. The van der Waals surface area contributed by atoms with Crippen molar-refractivity contribution >= 4 is 99.7 Å². The molecule has 0 saturated carbocycles. The molecule has 0 radical (unpaired) electrons. The van der Waals surface area contributed by atoms with Gasteiger partial charge in [0.25, 0.3) is 0 Å². The van der Waals surface area contributed by atoms with Crippen molar-refractivity contribution in [1.29, 1.82) is 0 Å². The Balaban J connectivity index is 0.0000116. The summed E-state index contributed by atoms with van der Waals surface area (Å²) in [6.07, 6.45) is 0.879. The van der Waals surface area contributed by atoms with E-state index in [2.05, 4.69) is 51.2 Å². The Labute approximate surface area is 486 Å². The maximum absolute atomic E-state index is 12.5. The maximum Gasteiger partial charge on any atom is 1.00 e. The molecule has 36 heteroatoms. The van der Waals surface area contributed by atoms with Gasteiger partial charge < -0.3 is 69.3 Å². The predicted octanol–water partition coefficient (Wildman–Crippen LogP) is -14.3. The van der Waals surface area contributed by atoms with Gasteiger partial charge >= 0.3 is 118 Å². The van der Waals surface area contributed by atoms with E-state index in [0.29, 0.717) is 0 Å². The molecule has 69 heavy (non-hydrogen) atoms. The minimum atomic E-state index is -5.27. The molecule has 0 saturated heterocycles. The number of aliphatic hydroxyl groups excluding tert-OH is 3. The molecule has 7 N–H and O–H groups in total. The summed E-state index contributed by atoms with van der Waals surface area (Å²) in [6, 6.07) is 6.71. The van der Waals surface area contributed by atoms with Gasteiger partial charge in [-0.15, -0.1) is 0 Å². The molecule has 1 atom stereocenters. The Bertz CT molecular complexity index is 2790. The second-order valence-corrected chi connectivity index (χ2v) is 19.2. The first-order valence-corrected chi connectivity index (χ1v) is 24.5. The van der Waals surface area contributed by atoms with Gasteiger partial charge in [-0.05, 0) is 35.4 Å². The topological polar surface area (TPSA) is 431 Å². The average Bonchev–Trinajstić information content (AvgIpc) is 3.20. The van der Waals surface area contributed by atoms with Crippen LogP contribution < -0.4 is 149 Å². The van der Waals surface area contributed by atoms with Crippen molar-refractivity contribution in [3.05, 3.63) is 47.5 Å². The van der Waals surface area contributed by atoms with Gasteiger partial charge in [0.15, 0.2) is 0 Å². The minimum absolute atomic E-state index is 0. The van der Waals surface area contributed by atoms with Gasteiger partial charge in [-0.2, -0.15) is 29.9 Å². The number of nitrogens with one attached hydrogen (secondary N) is 4. The van der Waals surface area contributed by atoms with Crippen molar-refractivity contribution in [2.75, 3.05) is 109 Å². The number of anilines is 8. The van der Waals surface area contributed by atoms with Crippen molar-refractivity contribution < 1.29 is 190 Å². The molecule has 2 aromatic carbocycles. The molecule has 0 amide bonds. The van der Waals surface area contributed by atoms with Gasteiger partial charge in [0.05, 0.1) is 74.1 Å². The summed E-state index contributed by atoms with van der Waals surface area (Å²) in [5.74, 6) is -2.75. The zero-order valence-corrected chi connectivity index (χ0v) is 49.4. The van der Waals surface area contributed by atoms with Crippen molar-refractivity contribution in [2.45, 2.75) is 15.9 Å². The third kappa shape index (κ3) is 23.9. The van der Waals surface area contributed by atoms with Crippen molar-refractivity contribution in [3.8, 4) is 0 Å². The molecule has 358 valence electrons. The van der Waals surface area contributed by atoms with E-state index in [1.807, 2.05) is 0 Å². The molecule has 2 aromatic heterocycles. The zero-order chi connectivity index (χ0) is 48.2. The first-order chi connectivity index (χ1) is 30.3. The van der Waals surface area contributed by atoms with Crippen LogP contribution in [0.3, 0.4) is 0 Å². The first-order valence-electron chi connectivity index (χ1n) is 18.5. The second-order valence-electron chi connectivity index (χ2n) is 13.4. The number of likely N-dealkylation sites (N-methyl/N-ethyl adjacent to an activating group) is 1. The Morgan fingerprint density at radius 3 is 1.52 bits per heavy atom. The summed E-state index contributed by atoms with van der Waals surface area (Å²) < 4.78 is 147. The normalized spacial score (nSPS) is 12.1. The Morgan fingerprint density at radius 2 is 1.07 bits per heavy atom. The molecule has 2 heterocycles. The van der Waals surface area contributed by atoms with Crippen LogP contribution in [0.2, 0.25) is 0 Å². The van der Waals surface area contributed by atoms with Gasteiger partial charge in [-0.1, -0.05) is 24.3 Å². The number of ether oxygens (including phenoxy) is 1. The smallest absolute Gasteiger partial charge is 0.748 e. The van der Waals surface area contributed by atoms with Crippen LogP contribution in [-0.2, 0) is 45.2 Å². The molecule has 4 aromatic rings. The van der Waals surface area contributed by atoms with E-state index in [-0.39, 0.29) is 222 Å². The van der Waals surface area contributed by atoms with Gasteiger partial charge in [0.1, 0.15) is 20.2 Å². The average molecular weight is 1080 g/mol. The van der Waals surface area contributed by atoms with Crippen LogP contribution in [0.4, 0.5) is 47.1 Å². The second kappa shape index (κ2) is 30.6. The first kappa shape index (κ1) is 67.5. The summed E-state index contributed by atoms with van der Waals surface area (Å²) in [5, 5.41) is 38.9. The summed E-state index contributed by atoms with van der Waals surface area (Å²) in [5.41, 5.74) is -0.652. The van der Waals surface area contributed by atoms with Crippen LogP contribution in [0.25, 0.3) is 12.2 Å². The fraction of sp³-hybridized carbons (Fsp3) is 0.394. The molecule has 0 aliphatic rings. The van der Waals surface area contributed by atoms with Crippen LogP contribution >= 0.6 is 0 Å². The molecule has 0 fully saturated rings. The SMILES string of the molecule is CN(CCS(=O)(=O)[O-])c1nc(Nc2ccc(C=Cc3ccc(Nc4nc(NCCOCCO)nc(NCCS(=O)(=O)[O-])n4)cc3S(=O)(=O)[O-])c(S(=O)(=O)[O-])c2)nc(N(C)CC(O)CO)n1.[Na+].[Na+].[Na+].[Na+]. The largest absolute Gasteiger partial charge is 1.00 e. The molecule has 28 nitrogen and oxygen atoms in total. The monoisotopic (exact) mass is 1080 g/mol. The van der Waals surface area contributed by atoms with E-state index in [1.165, 1.54) is 36.0 Å². The summed E-state index contributed by atoms with van der Waals surface area (Å²) in [6.45, 7) is -1.47. The third-order valence-corrected chi connectivity index (χ3v) is 11.4. The summed E-state index contributed by atoms with van der Waals surface area (Å²) >= 11 is 0. The van der Waals surface area contributed by atoms with E-state index in [1.54, 1.807) is 0 Å². The van der Waals surface area contributed by atoms with Crippen LogP contribution in [0, 0.1) is 0 Å². The minimum Gasteiger partial charge on any atom is -0.748 e. The third-order valence-electron chi connectivity index (χ3n) is 8.22. The van der Waals surface area contributed by atoms with Crippen molar-refractivity contribution in [1.82, 2.24) is 29.9 Å². The molecule has 4 rings (SSSR count). The van der Waals surface area contributed by atoms with Gasteiger partial charge in [-0.3, -0.25) is 0 Å². The van der Waals surface area contributed by atoms with Gasteiger partial charge in [-0.25, -0.2) is 33.7 Å². The molecule has 1 unspecified atom stereocenters. The van der Waals surface area contributed by atoms with E-state index < -0.39 is 74.5 Å². The fourth-order valence-electron chi connectivity index (χ4n) is 5.21. The van der Waals surface area contributed by atoms with Crippen LogP contribution in [-0.4, -0.2) is 181 Å². The molecule has 0 aliphatic heterocycles. The van der Waals surface area contributed by atoms with E-state index in [4.69, 9.17) is 9.84 Å². The fourth-order valence-corrected chi connectivity index (χ4v) is 7.45. The summed E-state index contributed by atoms with van der Waals surface area (Å²) in [4.78, 5) is 25.8. The zero-order valence-electron chi connectivity index (χ0n) is 38.1.